The first-order valence-corrected chi connectivity index (χ1v) is 7.80. The summed E-state index contributed by atoms with van der Waals surface area (Å²) >= 11 is 1.86. The molecule has 2 rings (SSSR count). The number of nitrogens with one attached hydrogen (secondary N) is 1. The van der Waals surface area contributed by atoms with E-state index < -0.39 is 0 Å². The van der Waals surface area contributed by atoms with Gasteiger partial charge < -0.3 is 0 Å². The molecule has 0 saturated heterocycles. The second-order valence-corrected chi connectivity index (χ2v) is 6.63. The zero-order valence-corrected chi connectivity index (χ0v) is 12.8. The van der Waals surface area contributed by atoms with E-state index in [4.69, 9.17) is 0 Å². The highest BCUT2D eigenvalue weighted by Crippen LogP contribution is 2.38. The maximum absolute atomic E-state index is 9.48. The van der Waals surface area contributed by atoms with Crippen molar-refractivity contribution >= 4 is 11.8 Å². The first kappa shape index (κ1) is 14.4. The molecule has 4 nitrogen and oxygen atoms in total. The Kier molecular flexibility index (Phi) is 4.54. The van der Waals surface area contributed by atoms with Gasteiger partial charge in [-0.3, -0.25) is 10.00 Å². The summed E-state index contributed by atoms with van der Waals surface area (Å²) in [6, 6.07) is 4.63. The van der Waals surface area contributed by atoms with Crippen LogP contribution >= 0.6 is 11.8 Å². The molecule has 1 aromatic heterocycles. The topological polar surface area (TPSA) is 53.6 Å². The Balaban J connectivity index is 2.05. The molecule has 0 bridgehead atoms. The molecule has 0 amide bonds. The second-order valence-electron chi connectivity index (χ2n) is 5.31. The molecule has 19 heavy (non-hydrogen) atoms. The van der Waals surface area contributed by atoms with E-state index in [-0.39, 0.29) is 5.54 Å². The third-order valence-corrected chi connectivity index (χ3v) is 5.04. The lowest BCUT2D eigenvalue weighted by Gasteiger charge is -2.35. The minimum atomic E-state index is -0.321. The molecule has 1 aliphatic rings. The zero-order chi connectivity index (χ0) is 13.9. The molecule has 1 fully saturated rings. The fraction of sp³-hybridized carbons (Fsp3) is 0.714. The van der Waals surface area contributed by atoms with Crippen LogP contribution in [-0.2, 0) is 7.05 Å². The van der Waals surface area contributed by atoms with Crippen LogP contribution in [0.1, 0.15) is 38.3 Å². The summed E-state index contributed by atoms with van der Waals surface area (Å²) in [5, 5.41) is 19.0. The van der Waals surface area contributed by atoms with Gasteiger partial charge in [0, 0.05) is 12.3 Å². The standard InChI is InChI=1S/C14H22N4S/c1-4-16-14(10-15)7-5-6-12(9-14)19-13-8-11(2)17-18(13)3/h8,12,16H,4-7,9H2,1-3H3. The summed E-state index contributed by atoms with van der Waals surface area (Å²) in [7, 11) is 1.99. The fourth-order valence-corrected chi connectivity index (χ4v) is 4.26. The number of aromatic nitrogens is 2. The lowest BCUT2D eigenvalue weighted by molar-refractivity contribution is 0.309. The molecule has 5 heteroatoms. The van der Waals surface area contributed by atoms with Gasteiger partial charge in [0.15, 0.2) is 0 Å². The van der Waals surface area contributed by atoms with Gasteiger partial charge in [-0.25, -0.2) is 0 Å². The van der Waals surface area contributed by atoms with Crippen LogP contribution in [-0.4, -0.2) is 27.1 Å². The monoisotopic (exact) mass is 278 g/mol. The molecular weight excluding hydrogens is 256 g/mol. The van der Waals surface area contributed by atoms with E-state index in [1.54, 1.807) is 0 Å². The van der Waals surface area contributed by atoms with Crippen molar-refractivity contribution in [3.05, 3.63) is 11.8 Å². The van der Waals surface area contributed by atoms with Crippen molar-refractivity contribution < 1.29 is 0 Å². The molecule has 1 saturated carbocycles. The molecule has 0 spiro atoms. The predicted molar refractivity (Wildman–Crippen MR) is 78.1 cm³/mol. The van der Waals surface area contributed by atoms with Gasteiger partial charge in [0.25, 0.3) is 0 Å². The Morgan fingerprint density at radius 2 is 2.47 bits per heavy atom. The number of hydrogen-bond donors (Lipinski definition) is 1. The first-order valence-electron chi connectivity index (χ1n) is 6.92. The highest BCUT2D eigenvalue weighted by molar-refractivity contribution is 7.99. The van der Waals surface area contributed by atoms with Crippen molar-refractivity contribution in [2.75, 3.05) is 6.54 Å². The number of rotatable bonds is 4. The van der Waals surface area contributed by atoms with E-state index >= 15 is 0 Å². The lowest BCUT2D eigenvalue weighted by atomic mass is 9.82. The van der Waals surface area contributed by atoms with E-state index in [1.165, 1.54) is 11.4 Å². The fourth-order valence-electron chi connectivity index (χ4n) is 2.83. The second kappa shape index (κ2) is 5.98. The molecule has 0 aliphatic heterocycles. The predicted octanol–water partition coefficient (Wildman–Crippen LogP) is 2.64. The smallest absolute Gasteiger partial charge is 0.107 e. The van der Waals surface area contributed by atoms with Crippen LogP contribution in [0, 0.1) is 18.3 Å². The van der Waals surface area contributed by atoms with Gasteiger partial charge in [0.1, 0.15) is 5.54 Å². The minimum absolute atomic E-state index is 0.321. The molecule has 1 aromatic rings. The third-order valence-electron chi connectivity index (χ3n) is 3.68. The van der Waals surface area contributed by atoms with Crippen molar-refractivity contribution in [3.63, 3.8) is 0 Å². The van der Waals surface area contributed by atoms with Crippen LogP contribution in [0.5, 0.6) is 0 Å². The van der Waals surface area contributed by atoms with E-state index in [0.717, 1.165) is 31.5 Å². The average molecular weight is 278 g/mol. The Morgan fingerprint density at radius 3 is 3.05 bits per heavy atom. The maximum atomic E-state index is 9.48. The first-order chi connectivity index (χ1) is 9.08. The summed E-state index contributed by atoms with van der Waals surface area (Å²) in [5.74, 6) is 0. The molecule has 1 aliphatic carbocycles. The number of hydrogen-bond acceptors (Lipinski definition) is 4. The van der Waals surface area contributed by atoms with Crippen LogP contribution < -0.4 is 5.32 Å². The molecule has 0 aromatic carbocycles. The number of nitrogens with zero attached hydrogens (tertiary/aromatic N) is 3. The van der Waals surface area contributed by atoms with Crippen molar-refractivity contribution in [2.45, 2.75) is 55.3 Å². The van der Waals surface area contributed by atoms with E-state index in [9.17, 15) is 5.26 Å². The average Bonchev–Trinajstić information content (AvgIpc) is 2.68. The van der Waals surface area contributed by atoms with Crippen molar-refractivity contribution in [3.8, 4) is 6.07 Å². The van der Waals surface area contributed by atoms with Crippen LogP contribution in [0.4, 0.5) is 0 Å². The van der Waals surface area contributed by atoms with Gasteiger partial charge in [0.05, 0.1) is 16.8 Å². The van der Waals surface area contributed by atoms with Gasteiger partial charge in [-0.1, -0.05) is 6.92 Å². The van der Waals surface area contributed by atoms with Gasteiger partial charge >= 0.3 is 0 Å². The Hall–Kier alpha value is -0.990. The van der Waals surface area contributed by atoms with Gasteiger partial charge in [-0.2, -0.15) is 10.4 Å². The van der Waals surface area contributed by atoms with Crippen LogP contribution in [0.25, 0.3) is 0 Å². The highest BCUT2D eigenvalue weighted by Gasteiger charge is 2.36. The molecule has 2 atom stereocenters. The normalized spacial score (nSPS) is 27.2. The summed E-state index contributed by atoms with van der Waals surface area (Å²) in [6.45, 7) is 4.94. The van der Waals surface area contributed by atoms with Crippen molar-refractivity contribution in [1.29, 1.82) is 5.26 Å². The Labute approximate surface area is 119 Å². The highest BCUT2D eigenvalue weighted by atomic mass is 32.2. The molecule has 1 N–H and O–H groups in total. The van der Waals surface area contributed by atoms with E-state index in [0.29, 0.717) is 5.25 Å². The van der Waals surface area contributed by atoms with Gasteiger partial charge in [-0.15, -0.1) is 11.8 Å². The maximum Gasteiger partial charge on any atom is 0.107 e. The summed E-state index contributed by atoms with van der Waals surface area (Å²) in [4.78, 5) is 0. The van der Waals surface area contributed by atoms with Gasteiger partial charge in [0.2, 0.25) is 0 Å². The van der Waals surface area contributed by atoms with Crippen LogP contribution in [0.2, 0.25) is 0 Å². The van der Waals surface area contributed by atoms with Crippen LogP contribution in [0.3, 0.4) is 0 Å². The van der Waals surface area contributed by atoms with Crippen molar-refractivity contribution in [1.82, 2.24) is 15.1 Å². The van der Waals surface area contributed by atoms with Crippen LogP contribution in [0.15, 0.2) is 11.1 Å². The summed E-state index contributed by atoms with van der Waals surface area (Å²) in [6.07, 6.45) is 4.20. The Morgan fingerprint density at radius 1 is 1.68 bits per heavy atom. The molecule has 2 unspecified atom stereocenters. The zero-order valence-electron chi connectivity index (χ0n) is 11.9. The SMILES string of the molecule is CCNC1(C#N)CCCC(Sc2cc(C)nn2C)C1. The summed E-state index contributed by atoms with van der Waals surface area (Å²) < 4.78 is 1.94. The third kappa shape index (κ3) is 3.31. The largest absolute Gasteiger partial charge is 0.300 e. The number of nitriles is 1. The quantitative estimate of drug-likeness (QED) is 0.920. The van der Waals surface area contributed by atoms with E-state index in [1.807, 2.05) is 30.4 Å². The molecule has 104 valence electrons. The minimum Gasteiger partial charge on any atom is -0.300 e. The number of aryl methyl sites for hydroxylation is 2. The molecular formula is C14H22N4S. The molecule has 0 radical (unpaired) electrons. The Bertz CT molecular complexity index is 472. The van der Waals surface area contributed by atoms with Gasteiger partial charge in [-0.05, 0) is 45.2 Å². The summed E-state index contributed by atoms with van der Waals surface area (Å²) in [5.41, 5.74) is 0.734. The van der Waals surface area contributed by atoms with E-state index in [2.05, 4.69) is 29.5 Å². The lowest BCUT2D eigenvalue weighted by Crippen LogP contribution is -2.48. The number of thioether (sulfide) groups is 1. The molecule has 1 heterocycles. The van der Waals surface area contributed by atoms with Crippen molar-refractivity contribution in [2.24, 2.45) is 7.05 Å².